The first-order chi connectivity index (χ1) is 14.0. The Labute approximate surface area is 174 Å². The topological polar surface area (TPSA) is 50.2 Å². The summed E-state index contributed by atoms with van der Waals surface area (Å²) in [7, 11) is 4.01. The molecule has 1 aliphatic carbocycles. The average Bonchev–Trinajstić information content (AvgIpc) is 3.07. The van der Waals surface area contributed by atoms with Crippen molar-refractivity contribution in [2.24, 2.45) is 0 Å². The van der Waals surface area contributed by atoms with Crippen LogP contribution in [-0.2, 0) is 25.8 Å². The van der Waals surface area contributed by atoms with E-state index in [-0.39, 0.29) is 11.4 Å². The largest absolute Gasteiger partial charge is 0.313 e. The van der Waals surface area contributed by atoms with Gasteiger partial charge in [0, 0.05) is 24.0 Å². The fourth-order valence-electron chi connectivity index (χ4n) is 3.91. The molecule has 2 aromatic heterocycles. The third-order valence-corrected chi connectivity index (χ3v) is 6.75. The van der Waals surface area contributed by atoms with Gasteiger partial charge in [-0.1, -0.05) is 12.1 Å². The number of benzene rings is 1. The highest BCUT2D eigenvalue weighted by Gasteiger charge is 2.25. The quantitative estimate of drug-likeness (QED) is 0.646. The van der Waals surface area contributed by atoms with Crippen molar-refractivity contribution in [3.63, 3.8) is 0 Å². The maximum absolute atomic E-state index is 13.0. The van der Waals surface area contributed by atoms with Gasteiger partial charge < -0.3 is 10.2 Å². The van der Waals surface area contributed by atoms with E-state index in [1.165, 1.54) is 22.6 Å². The van der Waals surface area contributed by atoms with Crippen LogP contribution in [0.1, 0.15) is 22.4 Å². The average molecular weight is 415 g/mol. The molecule has 0 radical (unpaired) electrons. The molecule has 0 bridgehead atoms. The number of nitrogens with zero attached hydrogens (tertiary/aromatic N) is 3. The van der Waals surface area contributed by atoms with E-state index in [0.717, 1.165) is 54.6 Å². The van der Waals surface area contributed by atoms with Crippen LogP contribution in [0.25, 0.3) is 10.2 Å². The SMILES string of the molecule is CN(C)CCn1cnc2sc3c(c2c1=O)CCC(NCCc1ccc(F)cc1)C3. The van der Waals surface area contributed by atoms with Gasteiger partial charge in [-0.3, -0.25) is 9.36 Å². The number of rotatable bonds is 7. The van der Waals surface area contributed by atoms with Gasteiger partial charge in [-0.2, -0.15) is 0 Å². The van der Waals surface area contributed by atoms with Crippen LogP contribution in [0, 0.1) is 5.82 Å². The standard InChI is InChI=1S/C22H27FN4OS/c1-26(2)11-12-27-14-25-21-20(22(27)28)18-8-7-17(13-19(18)29-21)24-10-9-15-3-5-16(23)6-4-15/h3-6,14,17,24H,7-13H2,1-2H3. The highest BCUT2D eigenvalue weighted by Crippen LogP contribution is 2.33. The van der Waals surface area contributed by atoms with Crippen molar-refractivity contribution in [3.8, 4) is 0 Å². The molecular formula is C22H27FN4OS. The summed E-state index contributed by atoms with van der Waals surface area (Å²) in [4.78, 5) is 21.8. The summed E-state index contributed by atoms with van der Waals surface area (Å²) in [6, 6.07) is 7.12. The van der Waals surface area contributed by atoms with Gasteiger partial charge in [-0.25, -0.2) is 9.37 Å². The Morgan fingerprint density at radius 3 is 2.86 bits per heavy atom. The molecule has 0 amide bonds. The van der Waals surface area contributed by atoms with Crippen molar-refractivity contribution in [2.75, 3.05) is 27.2 Å². The van der Waals surface area contributed by atoms with Crippen molar-refractivity contribution in [1.29, 1.82) is 0 Å². The number of likely N-dealkylation sites (N-methyl/N-ethyl adjacent to an activating group) is 1. The Morgan fingerprint density at radius 2 is 2.10 bits per heavy atom. The van der Waals surface area contributed by atoms with Gasteiger partial charge in [0.1, 0.15) is 10.6 Å². The lowest BCUT2D eigenvalue weighted by atomic mass is 9.93. The lowest BCUT2D eigenvalue weighted by Crippen LogP contribution is -2.35. The van der Waals surface area contributed by atoms with E-state index >= 15 is 0 Å². The van der Waals surface area contributed by atoms with E-state index in [0.29, 0.717) is 12.6 Å². The molecule has 5 nitrogen and oxygen atoms in total. The van der Waals surface area contributed by atoms with Crippen LogP contribution in [0.3, 0.4) is 0 Å². The smallest absolute Gasteiger partial charge is 0.262 e. The van der Waals surface area contributed by atoms with Crippen molar-refractivity contribution >= 4 is 21.6 Å². The third kappa shape index (κ3) is 4.57. The minimum Gasteiger partial charge on any atom is -0.313 e. The molecule has 1 unspecified atom stereocenters. The molecule has 1 N–H and O–H groups in total. The molecule has 7 heteroatoms. The van der Waals surface area contributed by atoms with Crippen molar-refractivity contribution in [3.05, 3.63) is 62.8 Å². The van der Waals surface area contributed by atoms with Crippen LogP contribution in [0.5, 0.6) is 0 Å². The summed E-state index contributed by atoms with van der Waals surface area (Å²) in [5.41, 5.74) is 2.44. The van der Waals surface area contributed by atoms with E-state index in [1.807, 2.05) is 26.2 Å². The Kier molecular flexibility index (Phi) is 6.08. The third-order valence-electron chi connectivity index (χ3n) is 5.58. The Bertz CT molecular complexity index is 1040. The van der Waals surface area contributed by atoms with Crippen LogP contribution in [0.2, 0.25) is 0 Å². The zero-order valence-corrected chi connectivity index (χ0v) is 17.8. The maximum atomic E-state index is 13.0. The Morgan fingerprint density at radius 1 is 1.31 bits per heavy atom. The number of nitrogens with one attached hydrogen (secondary N) is 1. The number of aromatic nitrogens is 2. The predicted octanol–water partition coefficient (Wildman–Crippen LogP) is 2.85. The molecule has 0 saturated heterocycles. The highest BCUT2D eigenvalue weighted by atomic mass is 32.1. The van der Waals surface area contributed by atoms with Gasteiger partial charge in [0.15, 0.2) is 0 Å². The molecule has 3 aromatic rings. The lowest BCUT2D eigenvalue weighted by Gasteiger charge is -2.23. The number of halogens is 1. The molecule has 29 heavy (non-hydrogen) atoms. The second-order valence-corrected chi connectivity index (χ2v) is 9.08. The Hall–Kier alpha value is -2.09. The van der Waals surface area contributed by atoms with E-state index in [9.17, 15) is 9.18 Å². The van der Waals surface area contributed by atoms with Crippen LogP contribution < -0.4 is 10.9 Å². The maximum Gasteiger partial charge on any atom is 0.262 e. The van der Waals surface area contributed by atoms with Crippen LogP contribution >= 0.6 is 11.3 Å². The highest BCUT2D eigenvalue weighted by molar-refractivity contribution is 7.18. The monoisotopic (exact) mass is 414 g/mol. The molecule has 2 heterocycles. The molecule has 1 aromatic carbocycles. The zero-order valence-electron chi connectivity index (χ0n) is 16.9. The zero-order chi connectivity index (χ0) is 20.4. The Balaban J connectivity index is 1.43. The molecule has 1 aliphatic rings. The lowest BCUT2D eigenvalue weighted by molar-refractivity contribution is 0.380. The minimum atomic E-state index is -0.194. The van der Waals surface area contributed by atoms with Crippen LogP contribution in [0.15, 0.2) is 35.4 Å². The normalized spacial score (nSPS) is 16.5. The molecule has 0 spiro atoms. The van der Waals surface area contributed by atoms with Crippen molar-refractivity contribution < 1.29 is 4.39 Å². The first-order valence-electron chi connectivity index (χ1n) is 10.1. The number of hydrogen-bond donors (Lipinski definition) is 1. The number of aryl methyl sites for hydroxylation is 1. The molecule has 0 fully saturated rings. The fourth-order valence-corrected chi connectivity index (χ4v) is 5.17. The summed E-state index contributed by atoms with van der Waals surface area (Å²) in [5, 5.41) is 4.46. The summed E-state index contributed by atoms with van der Waals surface area (Å²) in [5.74, 6) is -0.194. The number of hydrogen-bond acceptors (Lipinski definition) is 5. The number of thiophene rings is 1. The molecular weight excluding hydrogens is 387 g/mol. The molecule has 1 atom stereocenters. The predicted molar refractivity (Wildman–Crippen MR) is 116 cm³/mol. The van der Waals surface area contributed by atoms with Gasteiger partial charge in [0.2, 0.25) is 0 Å². The summed E-state index contributed by atoms with van der Waals surface area (Å²) in [6.07, 6.45) is 5.45. The van der Waals surface area contributed by atoms with Crippen molar-refractivity contribution in [2.45, 2.75) is 38.3 Å². The summed E-state index contributed by atoms with van der Waals surface area (Å²) >= 11 is 1.67. The second-order valence-electron chi connectivity index (χ2n) is 8.00. The molecule has 154 valence electrons. The number of fused-ring (bicyclic) bond motifs is 3. The molecule has 4 rings (SSSR count). The molecule has 0 saturated carbocycles. The summed E-state index contributed by atoms with van der Waals surface area (Å²) in [6.45, 7) is 2.35. The van der Waals surface area contributed by atoms with Gasteiger partial charge in [0.05, 0.1) is 11.7 Å². The van der Waals surface area contributed by atoms with E-state index < -0.39 is 0 Å². The first-order valence-corrected chi connectivity index (χ1v) is 10.9. The van der Waals surface area contributed by atoms with Crippen LogP contribution in [-0.4, -0.2) is 47.7 Å². The van der Waals surface area contributed by atoms with Gasteiger partial charge in [0.25, 0.3) is 5.56 Å². The van der Waals surface area contributed by atoms with Gasteiger partial charge in [-0.15, -0.1) is 11.3 Å². The minimum absolute atomic E-state index is 0.0945. The fraction of sp³-hybridized carbons (Fsp3) is 0.455. The van der Waals surface area contributed by atoms with Gasteiger partial charge >= 0.3 is 0 Å². The van der Waals surface area contributed by atoms with E-state index in [2.05, 4.69) is 15.2 Å². The first kappa shape index (κ1) is 20.2. The van der Waals surface area contributed by atoms with E-state index in [4.69, 9.17) is 0 Å². The van der Waals surface area contributed by atoms with Crippen molar-refractivity contribution in [1.82, 2.24) is 19.8 Å². The van der Waals surface area contributed by atoms with Gasteiger partial charge in [-0.05, 0) is 69.6 Å². The second kappa shape index (κ2) is 8.73. The van der Waals surface area contributed by atoms with E-state index in [1.54, 1.807) is 22.2 Å². The van der Waals surface area contributed by atoms with Crippen LogP contribution in [0.4, 0.5) is 4.39 Å². The summed E-state index contributed by atoms with van der Waals surface area (Å²) < 4.78 is 14.8. The molecule has 0 aliphatic heterocycles.